The zero-order valence-electron chi connectivity index (χ0n) is 19.0. The lowest BCUT2D eigenvalue weighted by Crippen LogP contribution is -2.29. The van der Waals surface area contributed by atoms with Crippen LogP contribution >= 0.6 is 39.3 Å². The second-order valence-electron chi connectivity index (χ2n) is 7.63. The molecule has 10 heteroatoms. The number of benzene rings is 2. The Morgan fingerprint density at radius 2 is 2.09 bits per heavy atom. The van der Waals surface area contributed by atoms with Crippen LogP contribution in [0.2, 0.25) is 5.02 Å². The van der Waals surface area contributed by atoms with Crippen molar-refractivity contribution in [1.82, 2.24) is 14.8 Å². The lowest BCUT2D eigenvalue weighted by molar-refractivity contribution is -0.136. The second-order valence-corrected chi connectivity index (χ2v) is 10.0. The van der Waals surface area contributed by atoms with Crippen LogP contribution in [0.1, 0.15) is 37.4 Å². The van der Waals surface area contributed by atoms with Gasteiger partial charge in [0.25, 0.3) is 0 Å². The summed E-state index contributed by atoms with van der Waals surface area (Å²) in [5.74, 6) is 1.61. The molecule has 0 saturated carbocycles. The number of hydrogen-bond donors (Lipinski definition) is 1. The number of hydrogen-bond acceptors (Lipinski definition) is 7. The summed E-state index contributed by atoms with van der Waals surface area (Å²) in [6.07, 6.45) is 1.00. The molecule has 0 radical (unpaired) electrons. The molecule has 34 heavy (non-hydrogen) atoms. The number of thioether (sulfide) groups is 1. The molecule has 1 aromatic heterocycles. The van der Waals surface area contributed by atoms with E-state index in [9.17, 15) is 4.79 Å². The molecule has 1 atom stereocenters. The van der Waals surface area contributed by atoms with Gasteiger partial charge in [0, 0.05) is 32.1 Å². The van der Waals surface area contributed by atoms with Crippen molar-refractivity contribution in [2.45, 2.75) is 38.1 Å². The van der Waals surface area contributed by atoms with E-state index in [0.717, 1.165) is 27.8 Å². The normalized spacial score (nSPS) is 15.0. The number of carbonyl (C=O) groups excluding carboxylic acids is 1. The summed E-state index contributed by atoms with van der Waals surface area (Å²) in [4.78, 5) is 17.6. The molecule has 3 aromatic rings. The number of carbonyl (C=O) groups is 1. The molecule has 0 amide bonds. The van der Waals surface area contributed by atoms with Crippen molar-refractivity contribution in [2.75, 3.05) is 18.2 Å². The average molecular weight is 564 g/mol. The Bertz CT molecular complexity index is 1250. The van der Waals surface area contributed by atoms with Crippen molar-refractivity contribution in [3.8, 4) is 5.75 Å². The third-order valence-corrected chi connectivity index (χ3v) is 7.19. The summed E-state index contributed by atoms with van der Waals surface area (Å²) in [6, 6.07) is 12.6. The highest BCUT2D eigenvalue weighted by Crippen LogP contribution is 2.41. The first-order valence-electron chi connectivity index (χ1n) is 10.7. The number of halogens is 2. The van der Waals surface area contributed by atoms with Crippen molar-refractivity contribution in [1.29, 1.82) is 0 Å². The fourth-order valence-electron chi connectivity index (χ4n) is 3.68. The van der Waals surface area contributed by atoms with Crippen molar-refractivity contribution in [3.63, 3.8) is 0 Å². The van der Waals surface area contributed by atoms with Gasteiger partial charge < -0.3 is 14.8 Å². The van der Waals surface area contributed by atoms with Gasteiger partial charge >= 0.3 is 5.97 Å². The number of rotatable bonds is 8. The van der Waals surface area contributed by atoms with Crippen LogP contribution in [0.3, 0.4) is 0 Å². The van der Waals surface area contributed by atoms with Gasteiger partial charge in [0.2, 0.25) is 11.1 Å². The molecule has 1 aliphatic heterocycles. The van der Waals surface area contributed by atoms with Gasteiger partial charge in [-0.3, -0.25) is 0 Å². The van der Waals surface area contributed by atoms with Crippen LogP contribution in [0.5, 0.6) is 5.75 Å². The number of esters is 1. The predicted octanol–water partition coefficient (Wildman–Crippen LogP) is 6.24. The highest BCUT2D eigenvalue weighted by Gasteiger charge is 2.36. The molecule has 1 aliphatic rings. The van der Waals surface area contributed by atoms with Crippen LogP contribution in [-0.2, 0) is 16.1 Å². The van der Waals surface area contributed by atoms with Crippen molar-refractivity contribution in [2.24, 2.45) is 0 Å². The maximum absolute atomic E-state index is 12.9. The lowest BCUT2D eigenvalue weighted by Gasteiger charge is -2.29. The number of anilines is 1. The summed E-state index contributed by atoms with van der Waals surface area (Å²) in [6.45, 7) is 4.21. The smallest absolute Gasteiger partial charge is 0.338 e. The number of methoxy groups -OCH3 is 1. The van der Waals surface area contributed by atoms with E-state index in [1.807, 2.05) is 49.4 Å². The lowest BCUT2D eigenvalue weighted by atomic mass is 9.95. The number of aromatic nitrogens is 3. The van der Waals surface area contributed by atoms with Gasteiger partial charge in [-0.1, -0.05) is 64.4 Å². The van der Waals surface area contributed by atoms with E-state index in [4.69, 9.17) is 26.2 Å². The number of ether oxygens (including phenoxy) is 2. The van der Waals surface area contributed by atoms with Crippen molar-refractivity contribution < 1.29 is 14.3 Å². The molecule has 0 fully saturated rings. The molecule has 0 saturated heterocycles. The first-order valence-corrected chi connectivity index (χ1v) is 12.9. The molecular formula is C24H24BrClN4O3S. The van der Waals surface area contributed by atoms with Crippen LogP contribution in [0, 0.1) is 0 Å². The van der Waals surface area contributed by atoms with Gasteiger partial charge in [0.05, 0.1) is 12.7 Å². The topological polar surface area (TPSA) is 78.3 Å². The van der Waals surface area contributed by atoms with Crippen LogP contribution in [0.15, 0.2) is 63.4 Å². The Kier molecular flexibility index (Phi) is 7.85. The maximum atomic E-state index is 12.9. The molecule has 2 heterocycles. The SMILES string of the molecule is CCCSc1nc2n(n1)C(c1cc(Br)ccc1OCc1ccccc1Cl)C(C(=O)OC)=C(C)N2. The highest BCUT2D eigenvalue weighted by atomic mass is 79.9. The maximum Gasteiger partial charge on any atom is 0.338 e. The Morgan fingerprint density at radius 3 is 2.82 bits per heavy atom. The van der Waals surface area contributed by atoms with Gasteiger partial charge in [-0.05, 0) is 37.6 Å². The van der Waals surface area contributed by atoms with Gasteiger partial charge in [-0.2, -0.15) is 4.98 Å². The first kappa shape index (κ1) is 24.6. The monoisotopic (exact) mass is 562 g/mol. The zero-order valence-corrected chi connectivity index (χ0v) is 22.1. The molecule has 2 aromatic carbocycles. The number of allylic oxidation sites excluding steroid dienone is 1. The summed E-state index contributed by atoms with van der Waals surface area (Å²) < 4.78 is 13.9. The average Bonchev–Trinajstić information content (AvgIpc) is 3.23. The Morgan fingerprint density at radius 1 is 1.29 bits per heavy atom. The van der Waals surface area contributed by atoms with E-state index in [-0.39, 0.29) is 6.61 Å². The fourth-order valence-corrected chi connectivity index (χ4v) is 4.94. The van der Waals surface area contributed by atoms with E-state index in [1.54, 1.807) is 16.4 Å². The minimum absolute atomic E-state index is 0.275. The molecular weight excluding hydrogens is 540 g/mol. The molecule has 0 bridgehead atoms. The molecule has 4 rings (SSSR count). The van der Waals surface area contributed by atoms with Gasteiger partial charge in [0.1, 0.15) is 18.4 Å². The van der Waals surface area contributed by atoms with Crippen molar-refractivity contribution in [3.05, 3.63) is 74.4 Å². The standard InChI is InChI=1S/C24H24BrClN4O3S/c1-4-11-34-24-28-23-27-14(2)20(22(31)32-3)21(30(23)29-24)17-12-16(25)9-10-19(17)33-13-15-7-5-6-8-18(15)26/h5-10,12,21H,4,11,13H2,1-3H3,(H,27,28,29). The molecule has 1 N–H and O–H groups in total. The molecule has 1 unspecified atom stereocenters. The quantitative estimate of drug-likeness (QED) is 0.257. The Labute approximate surface area is 216 Å². The third-order valence-electron chi connectivity index (χ3n) is 5.28. The van der Waals surface area contributed by atoms with Crippen LogP contribution in [0.25, 0.3) is 0 Å². The van der Waals surface area contributed by atoms with Crippen LogP contribution in [0.4, 0.5) is 5.95 Å². The number of nitrogens with zero attached hydrogens (tertiary/aromatic N) is 3. The minimum Gasteiger partial charge on any atom is -0.488 e. The van der Waals surface area contributed by atoms with E-state index >= 15 is 0 Å². The Hall–Kier alpha value is -2.49. The number of fused-ring (bicyclic) bond motifs is 1. The van der Waals surface area contributed by atoms with Gasteiger partial charge in [-0.15, -0.1) is 5.10 Å². The molecule has 7 nitrogen and oxygen atoms in total. The largest absolute Gasteiger partial charge is 0.488 e. The summed E-state index contributed by atoms with van der Waals surface area (Å²) in [5, 5.41) is 9.20. The van der Waals surface area contributed by atoms with E-state index < -0.39 is 12.0 Å². The Balaban J connectivity index is 1.80. The third kappa shape index (κ3) is 5.11. The summed E-state index contributed by atoms with van der Waals surface area (Å²) >= 11 is 11.5. The van der Waals surface area contributed by atoms with E-state index in [1.165, 1.54) is 7.11 Å². The molecule has 178 valence electrons. The zero-order chi connectivity index (χ0) is 24.2. The number of nitrogens with one attached hydrogen (secondary N) is 1. The fraction of sp³-hybridized carbons (Fsp3) is 0.292. The summed E-state index contributed by atoms with van der Waals surface area (Å²) in [7, 11) is 1.37. The predicted molar refractivity (Wildman–Crippen MR) is 137 cm³/mol. The minimum atomic E-state index is -0.592. The molecule has 0 spiro atoms. The van der Waals surface area contributed by atoms with Gasteiger partial charge in [-0.25, -0.2) is 9.48 Å². The molecule has 0 aliphatic carbocycles. The first-order chi connectivity index (χ1) is 16.4. The second kappa shape index (κ2) is 10.8. The van der Waals surface area contributed by atoms with Crippen LogP contribution < -0.4 is 10.1 Å². The van der Waals surface area contributed by atoms with Crippen molar-refractivity contribution >= 4 is 51.2 Å². The van der Waals surface area contributed by atoms with Crippen LogP contribution in [-0.4, -0.2) is 33.6 Å². The highest BCUT2D eigenvalue weighted by molar-refractivity contribution is 9.10. The van der Waals surface area contributed by atoms with Gasteiger partial charge in [0.15, 0.2) is 0 Å². The summed E-state index contributed by atoms with van der Waals surface area (Å²) in [5.41, 5.74) is 2.71. The van der Waals surface area contributed by atoms with E-state index in [0.29, 0.717) is 33.1 Å². The van der Waals surface area contributed by atoms with E-state index in [2.05, 4.69) is 33.2 Å².